The summed E-state index contributed by atoms with van der Waals surface area (Å²) in [6.45, 7) is 0. The number of nitrogens with zero attached hydrogens (tertiary/aromatic N) is 1. The minimum atomic E-state index is 0.896. The first kappa shape index (κ1) is 5.50. The molecule has 0 N–H and O–H groups in total. The van der Waals surface area contributed by atoms with Crippen LogP contribution in [0.3, 0.4) is 0 Å². The van der Waals surface area contributed by atoms with Crippen LogP contribution in [-0.4, -0.2) is 5.88 Å². The van der Waals surface area contributed by atoms with Gasteiger partial charge in [0.1, 0.15) is 4.67 Å². The van der Waals surface area contributed by atoms with Gasteiger partial charge in [-0.2, -0.15) is 0 Å². The number of fused-ring (bicyclic) bond motifs is 1. The van der Waals surface area contributed by atoms with Gasteiger partial charge in [-0.25, -0.2) is 0 Å². The highest BCUT2D eigenvalue weighted by molar-refractivity contribution is 8.06. The second-order valence-corrected chi connectivity index (χ2v) is 3.47. The van der Waals surface area contributed by atoms with E-state index in [9.17, 15) is 0 Å². The van der Waals surface area contributed by atoms with Crippen molar-refractivity contribution in [2.24, 2.45) is 4.99 Å². The Bertz CT molecular complexity index is 282. The molecule has 46 valence electrons. The summed E-state index contributed by atoms with van der Waals surface area (Å²) in [5.41, 5.74) is 0. The molecule has 1 aliphatic rings. The number of thioether (sulfide) groups is 1. The summed E-state index contributed by atoms with van der Waals surface area (Å²) in [6, 6.07) is 2.11. The maximum Gasteiger partial charge on any atom is 0.119 e. The van der Waals surface area contributed by atoms with Gasteiger partial charge < -0.3 is 0 Å². The highest BCUT2D eigenvalue weighted by Crippen LogP contribution is 2.03. The summed E-state index contributed by atoms with van der Waals surface area (Å²) >= 11 is 3.47. The van der Waals surface area contributed by atoms with Crippen molar-refractivity contribution < 1.29 is 0 Å². The smallest absolute Gasteiger partial charge is 0.119 e. The van der Waals surface area contributed by atoms with Crippen LogP contribution < -0.4 is 9.89 Å². The molecule has 2 heterocycles. The monoisotopic (exact) mass is 155 g/mol. The second kappa shape index (κ2) is 2.15. The molecule has 2 rings (SSSR count). The molecule has 3 heteroatoms. The molecule has 0 atom stereocenters. The van der Waals surface area contributed by atoms with E-state index in [2.05, 4.69) is 21.8 Å². The van der Waals surface area contributed by atoms with Gasteiger partial charge in [0.2, 0.25) is 0 Å². The number of hydrogen-bond acceptors (Lipinski definition) is 3. The number of thiophene rings is 1. The third-order valence-corrected chi connectivity index (χ3v) is 2.73. The summed E-state index contributed by atoms with van der Waals surface area (Å²) < 4.78 is 1.19. The average molecular weight is 155 g/mol. The van der Waals surface area contributed by atoms with Crippen molar-refractivity contribution in [2.45, 2.75) is 0 Å². The van der Waals surface area contributed by atoms with Crippen molar-refractivity contribution >= 4 is 28.5 Å². The van der Waals surface area contributed by atoms with Crippen LogP contribution in [0.4, 0.5) is 0 Å². The van der Waals surface area contributed by atoms with Crippen LogP contribution in [-0.2, 0) is 0 Å². The lowest BCUT2D eigenvalue weighted by molar-refractivity contribution is 1.26. The van der Waals surface area contributed by atoms with Gasteiger partial charge in [-0.15, -0.1) is 23.1 Å². The Morgan fingerprint density at radius 2 is 2.56 bits per heavy atom. The van der Waals surface area contributed by atoms with E-state index in [1.54, 1.807) is 23.1 Å². The molecule has 1 aliphatic heterocycles. The lowest BCUT2D eigenvalue weighted by atomic mass is 10.5. The zero-order valence-electron chi connectivity index (χ0n) is 4.70. The molecule has 0 radical (unpaired) electrons. The summed E-state index contributed by atoms with van der Waals surface area (Å²) in [5.74, 6) is 0.896. The molecule has 0 unspecified atom stereocenters. The van der Waals surface area contributed by atoms with Gasteiger partial charge in [-0.1, -0.05) is 0 Å². The van der Waals surface area contributed by atoms with Crippen LogP contribution in [0.1, 0.15) is 0 Å². The van der Waals surface area contributed by atoms with Gasteiger partial charge in [0.05, 0.1) is 5.88 Å². The standard InChI is InChI=1S/C6H5NS2/c1-2-9-6-5(1)3-8-4-7-6/h1-3H,4H2. The quantitative estimate of drug-likeness (QED) is 0.540. The van der Waals surface area contributed by atoms with Crippen molar-refractivity contribution in [3.63, 3.8) is 0 Å². The van der Waals surface area contributed by atoms with E-state index in [-0.39, 0.29) is 0 Å². The van der Waals surface area contributed by atoms with Crippen molar-refractivity contribution in [1.82, 2.24) is 0 Å². The highest BCUT2D eigenvalue weighted by atomic mass is 32.2. The maximum atomic E-state index is 4.30. The van der Waals surface area contributed by atoms with Gasteiger partial charge in [0, 0.05) is 5.22 Å². The molecule has 0 aliphatic carbocycles. The van der Waals surface area contributed by atoms with Crippen molar-refractivity contribution in [3.8, 4) is 0 Å². The van der Waals surface area contributed by atoms with Crippen LogP contribution in [0.2, 0.25) is 0 Å². The molecule has 0 bridgehead atoms. The van der Waals surface area contributed by atoms with Crippen LogP contribution in [0.15, 0.2) is 16.4 Å². The molecule has 9 heavy (non-hydrogen) atoms. The third-order valence-electron chi connectivity index (χ3n) is 1.17. The summed E-state index contributed by atoms with van der Waals surface area (Å²) in [4.78, 5) is 4.30. The van der Waals surface area contributed by atoms with Gasteiger partial charge in [0.25, 0.3) is 0 Å². The largest absolute Gasteiger partial charge is 0.263 e. The summed E-state index contributed by atoms with van der Waals surface area (Å²) in [5, 5.41) is 5.53. The van der Waals surface area contributed by atoms with Crippen molar-refractivity contribution in [2.75, 3.05) is 5.88 Å². The van der Waals surface area contributed by atoms with E-state index in [0.29, 0.717) is 0 Å². The van der Waals surface area contributed by atoms with Gasteiger partial charge >= 0.3 is 0 Å². The lowest BCUT2D eigenvalue weighted by Gasteiger charge is -1.90. The van der Waals surface area contributed by atoms with E-state index in [0.717, 1.165) is 5.88 Å². The van der Waals surface area contributed by atoms with E-state index in [4.69, 9.17) is 0 Å². The first-order chi connectivity index (χ1) is 4.47. The molecule has 1 nitrogen and oxygen atoms in total. The molecule has 1 aromatic rings. The molecular formula is C6H5NS2. The zero-order chi connectivity index (χ0) is 6.10. The van der Waals surface area contributed by atoms with Crippen LogP contribution in [0.25, 0.3) is 5.41 Å². The highest BCUT2D eigenvalue weighted by Gasteiger charge is 1.92. The fourth-order valence-corrected chi connectivity index (χ4v) is 2.30. The average Bonchev–Trinajstić information content (AvgIpc) is 2.33. The zero-order valence-corrected chi connectivity index (χ0v) is 6.34. The van der Waals surface area contributed by atoms with E-state index in [1.165, 1.54) is 9.89 Å². The Morgan fingerprint density at radius 1 is 1.56 bits per heavy atom. The molecule has 1 aromatic heterocycles. The molecular weight excluding hydrogens is 150 g/mol. The first-order valence-corrected chi connectivity index (χ1v) is 4.59. The third kappa shape index (κ3) is 0.904. The predicted molar refractivity (Wildman–Crippen MR) is 42.0 cm³/mol. The number of hydrogen-bond donors (Lipinski definition) is 0. The van der Waals surface area contributed by atoms with E-state index in [1.807, 2.05) is 0 Å². The fourth-order valence-electron chi connectivity index (χ4n) is 0.752. The Morgan fingerprint density at radius 3 is 3.44 bits per heavy atom. The Balaban J connectivity index is 2.89. The maximum absolute atomic E-state index is 4.30. The predicted octanol–water partition coefficient (Wildman–Crippen LogP) is 0.810. The summed E-state index contributed by atoms with van der Waals surface area (Å²) in [7, 11) is 0. The minimum Gasteiger partial charge on any atom is -0.263 e. The van der Waals surface area contributed by atoms with Crippen LogP contribution >= 0.6 is 23.1 Å². The van der Waals surface area contributed by atoms with Crippen molar-refractivity contribution in [1.29, 1.82) is 0 Å². The Labute approximate surface area is 61.1 Å². The van der Waals surface area contributed by atoms with Gasteiger partial charge in [0.15, 0.2) is 0 Å². The van der Waals surface area contributed by atoms with Gasteiger partial charge in [-0.3, -0.25) is 4.99 Å². The molecule has 0 aromatic carbocycles. The first-order valence-electron chi connectivity index (χ1n) is 2.66. The number of rotatable bonds is 0. The molecule has 0 spiro atoms. The van der Waals surface area contributed by atoms with Crippen LogP contribution in [0, 0.1) is 0 Å². The van der Waals surface area contributed by atoms with Crippen LogP contribution in [0.5, 0.6) is 0 Å². The Hall–Kier alpha value is -0.280. The fraction of sp³-hybridized carbons (Fsp3) is 0.167. The van der Waals surface area contributed by atoms with Crippen molar-refractivity contribution in [3.05, 3.63) is 21.3 Å². The lowest BCUT2D eigenvalue weighted by Crippen LogP contribution is -2.19. The molecule has 0 saturated heterocycles. The summed E-state index contributed by atoms with van der Waals surface area (Å²) in [6.07, 6.45) is 0. The topological polar surface area (TPSA) is 12.4 Å². The van der Waals surface area contributed by atoms with Gasteiger partial charge in [-0.05, 0) is 16.9 Å². The Kier molecular flexibility index (Phi) is 1.32. The molecule has 0 fully saturated rings. The normalized spacial score (nSPS) is 15.6. The van der Waals surface area contributed by atoms with E-state index < -0.39 is 0 Å². The second-order valence-electron chi connectivity index (χ2n) is 1.75. The minimum absolute atomic E-state index is 0.896. The molecule has 0 amide bonds. The SMILES string of the molecule is C1=c2ccsc2=NCS1. The molecule has 0 saturated carbocycles. The van der Waals surface area contributed by atoms with E-state index >= 15 is 0 Å².